The monoisotopic (exact) mass is 231 g/mol. The molecule has 2 heterocycles. The van der Waals surface area contributed by atoms with Crippen molar-refractivity contribution in [1.82, 2.24) is 9.97 Å². The Morgan fingerprint density at radius 1 is 1.50 bits per heavy atom. The van der Waals surface area contributed by atoms with Crippen molar-refractivity contribution in [3.05, 3.63) is 16.7 Å². The van der Waals surface area contributed by atoms with Gasteiger partial charge in [0.1, 0.15) is 12.5 Å². The summed E-state index contributed by atoms with van der Waals surface area (Å²) in [6, 6.07) is 1.86. The Morgan fingerprint density at radius 2 is 2.36 bits per heavy atom. The number of thiophene rings is 1. The Labute approximate surface area is 88.9 Å². The molecule has 0 bridgehead atoms. The summed E-state index contributed by atoms with van der Waals surface area (Å²) in [6.45, 7) is -0.200. The van der Waals surface area contributed by atoms with Crippen molar-refractivity contribution in [2.24, 2.45) is 0 Å². The first kappa shape index (κ1) is 9.61. The molecule has 0 fully saturated rings. The third-order valence-electron chi connectivity index (χ3n) is 1.66. The molecule has 0 saturated carbocycles. The molecule has 6 heteroatoms. The highest BCUT2D eigenvalue weighted by atomic mass is 35.5. The summed E-state index contributed by atoms with van der Waals surface area (Å²) in [4.78, 5) is 8.03. The van der Waals surface area contributed by atoms with Crippen LogP contribution >= 0.6 is 22.9 Å². The smallest absolute Gasteiger partial charge is 0.224 e. The quantitative estimate of drug-likeness (QED) is 0.826. The molecule has 3 nitrogen and oxygen atoms in total. The second-order valence-electron chi connectivity index (χ2n) is 2.59. The largest absolute Gasteiger partial charge is 0.366 e. The molecule has 0 unspecified atom stereocenters. The van der Waals surface area contributed by atoms with Gasteiger partial charge in [-0.25, -0.2) is 9.37 Å². The van der Waals surface area contributed by atoms with Gasteiger partial charge in [0.25, 0.3) is 0 Å². The summed E-state index contributed by atoms with van der Waals surface area (Å²) < 4.78 is 12.9. The minimum absolute atomic E-state index is 0.178. The summed E-state index contributed by atoms with van der Waals surface area (Å²) in [7, 11) is 0. The first-order valence-corrected chi connectivity index (χ1v) is 5.27. The number of rotatable bonds is 3. The van der Waals surface area contributed by atoms with Crippen LogP contribution in [0.3, 0.4) is 0 Å². The van der Waals surface area contributed by atoms with E-state index >= 15 is 0 Å². The van der Waals surface area contributed by atoms with Crippen LogP contribution in [0.15, 0.2) is 11.4 Å². The number of anilines is 1. The Balaban J connectivity index is 2.44. The molecule has 0 amide bonds. The lowest BCUT2D eigenvalue weighted by Gasteiger charge is -2.03. The standard InChI is InChI=1S/C8H7ClFN3S/c9-8-12-5-1-4-14-6(5)7(13-8)11-3-2-10/h1,4H,2-3H2,(H,11,12,13). The Morgan fingerprint density at radius 3 is 3.14 bits per heavy atom. The molecule has 0 aliphatic rings. The molecule has 2 aromatic heterocycles. The van der Waals surface area contributed by atoms with Gasteiger partial charge in [0, 0.05) is 6.54 Å². The zero-order valence-electron chi connectivity index (χ0n) is 7.13. The molecule has 0 aliphatic carbocycles. The van der Waals surface area contributed by atoms with Crippen molar-refractivity contribution >= 4 is 39.0 Å². The van der Waals surface area contributed by atoms with E-state index in [0.29, 0.717) is 5.82 Å². The third kappa shape index (κ3) is 1.78. The van der Waals surface area contributed by atoms with Gasteiger partial charge in [0.2, 0.25) is 5.28 Å². The van der Waals surface area contributed by atoms with Gasteiger partial charge < -0.3 is 5.32 Å². The summed E-state index contributed by atoms with van der Waals surface area (Å²) in [5.74, 6) is 0.604. The maximum absolute atomic E-state index is 12.0. The molecule has 0 spiro atoms. The van der Waals surface area contributed by atoms with Gasteiger partial charge in [-0.3, -0.25) is 0 Å². The molecule has 2 rings (SSSR count). The summed E-state index contributed by atoms with van der Waals surface area (Å²) in [5, 5.41) is 4.94. The maximum Gasteiger partial charge on any atom is 0.224 e. The van der Waals surface area contributed by atoms with E-state index in [9.17, 15) is 4.39 Å². The van der Waals surface area contributed by atoms with Gasteiger partial charge in [-0.05, 0) is 23.0 Å². The predicted molar refractivity (Wildman–Crippen MR) is 56.9 cm³/mol. The van der Waals surface area contributed by atoms with E-state index in [0.717, 1.165) is 10.2 Å². The minimum Gasteiger partial charge on any atom is -0.366 e. The topological polar surface area (TPSA) is 37.8 Å². The first-order chi connectivity index (χ1) is 6.81. The Bertz CT molecular complexity index is 445. The van der Waals surface area contributed by atoms with Gasteiger partial charge in [0.05, 0.1) is 10.2 Å². The molecule has 2 aromatic rings. The lowest BCUT2D eigenvalue weighted by atomic mass is 10.4. The normalized spacial score (nSPS) is 10.7. The van der Waals surface area contributed by atoms with Crippen molar-refractivity contribution in [2.75, 3.05) is 18.5 Å². The number of nitrogens with one attached hydrogen (secondary N) is 1. The molecule has 0 aliphatic heterocycles. The van der Waals surface area contributed by atoms with Gasteiger partial charge in [-0.2, -0.15) is 4.98 Å². The molecule has 0 atom stereocenters. The fraction of sp³-hybridized carbons (Fsp3) is 0.250. The second kappa shape index (κ2) is 4.06. The summed E-state index contributed by atoms with van der Waals surface area (Å²) >= 11 is 7.21. The van der Waals surface area contributed by atoms with Crippen LogP contribution in [0.5, 0.6) is 0 Å². The highest BCUT2D eigenvalue weighted by molar-refractivity contribution is 7.17. The van der Waals surface area contributed by atoms with E-state index in [-0.39, 0.29) is 11.8 Å². The number of fused-ring (bicyclic) bond motifs is 1. The number of hydrogen-bond donors (Lipinski definition) is 1. The third-order valence-corrected chi connectivity index (χ3v) is 2.74. The van der Waals surface area contributed by atoms with Gasteiger partial charge >= 0.3 is 0 Å². The van der Waals surface area contributed by atoms with Crippen LogP contribution < -0.4 is 5.32 Å². The average molecular weight is 232 g/mol. The number of halogens is 2. The van der Waals surface area contributed by atoms with Crippen LogP contribution in [0.4, 0.5) is 10.2 Å². The Hall–Kier alpha value is -0.940. The second-order valence-corrected chi connectivity index (χ2v) is 3.85. The van der Waals surface area contributed by atoms with E-state index in [1.165, 1.54) is 11.3 Å². The van der Waals surface area contributed by atoms with E-state index in [1.54, 1.807) is 0 Å². The van der Waals surface area contributed by atoms with Crippen LogP contribution in [0, 0.1) is 0 Å². The SMILES string of the molecule is FCCNc1nc(Cl)nc2ccsc12. The highest BCUT2D eigenvalue weighted by Crippen LogP contribution is 2.26. The molecule has 0 aromatic carbocycles. The average Bonchev–Trinajstić information content (AvgIpc) is 2.61. The number of alkyl halides is 1. The minimum atomic E-state index is -0.436. The van der Waals surface area contributed by atoms with Crippen LogP contribution in [-0.2, 0) is 0 Å². The fourth-order valence-electron chi connectivity index (χ4n) is 1.12. The van der Waals surface area contributed by atoms with Crippen molar-refractivity contribution in [1.29, 1.82) is 0 Å². The zero-order chi connectivity index (χ0) is 9.97. The van der Waals surface area contributed by atoms with Gasteiger partial charge in [0.15, 0.2) is 0 Å². The van der Waals surface area contributed by atoms with Crippen LogP contribution in [-0.4, -0.2) is 23.2 Å². The van der Waals surface area contributed by atoms with Gasteiger partial charge in [-0.1, -0.05) is 0 Å². The molecule has 74 valence electrons. The number of nitrogens with zero attached hydrogens (tertiary/aromatic N) is 2. The molecular formula is C8H7ClFN3S. The van der Waals surface area contributed by atoms with Crippen molar-refractivity contribution in [3.8, 4) is 0 Å². The molecule has 14 heavy (non-hydrogen) atoms. The molecule has 0 saturated heterocycles. The van der Waals surface area contributed by atoms with Crippen LogP contribution in [0.25, 0.3) is 10.2 Å². The fourth-order valence-corrected chi connectivity index (χ4v) is 2.09. The number of aromatic nitrogens is 2. The van der Waals surface area contributed by atoms with Crippen LogP contribution in [0.2, 0.25) is 5.28 Å². The lowest BCUT2D eigenvalue weighted by Crippen LogP contribution is -2.05. The predicted octanol–water partition coefficient (Wildman–Crippen LogP) is 2.73. The maximum atomic E-state index is 12.0. The van der Waals surface area contributed by atoms with E-state index < -0.39 is 6.67 Å². The van der Waals surface area contributed by atoms with Crippen LogP contribution in [0.1, 0.15) is 0 Å². The Kier molecular flexibility index (Phi) is 2.79. The van der Waals surface area contributed by atoms with Crippen molar-refractivity contribution in [2.45, 2.75) is 0 Å². The van der Waals surface area contributed by atoms with E-state index in [1.807, 2.05) is 11.4 Å². The van der Waals surface area contributed by atoms with Crippen molar-refractivity contribution < 1.29 is 4.39 Å². The van der Waals surface area contributed by atoms with E-state index in [2.05, 4.69) is 15.3 Å². The van der Waals surface area contributed by atoms with E-state index in [4.69, 9.17) is 11.6 Å². The zero-order valence-corrected chi connectivity index (χ0v) is 8.70. The molecule has 1 N–H and O–H groups in total. The molecule has 0 radical (unpaired) electrons. The van der Waals surface area contributed by atoms with Crippen molar-refractivity contribution in [3.63, 3.8) is 0 Å². The van der Waals surface area contributed by atoms with Gasteiger partial charge in [-0.15, -0.1) is 11.3 Å². The number of hydrogen-bond acceptors (Lipinski definition) is 4. The molecular weight excluding hydrogens is 225 g/mol. The summed E-state index contributed by atoms with van der Waals surface area (Å²) in [5.41, 5.74) is 0.788. The first-order valence-electron chi connectivity index (χ1n) is 4.02. The lowest BCUT2D eigenvalue weighted by molar-refractivity contribution is 0.512. The summed E-state index contributed by atoms with van der Waals surface area (Å²) in [6.07, 6.45) is 0. The highest BCUT2D eigenvalue weighted by Gasteiger charge is 2.06.